The van der Waals surface area contributed by atoms with Gasteiger partial charge in [-0.25, -0.2) is 0 Å². The first-order valence-corrected chi connectivity index (χ1v) is 9.37. The van der Waals surface area contributed by atoms with Gasteiger partial charge in [0, 0.05) is 12.1 Å². The van der Waals surface area contributed by atoms with E-state index in [1.165, 1.54) is 0 Å². The normalized spacial score (nSPS) is 21.7. The molecule has 1 aromatic carbocycles. The number of aryl methyl sites for hydroxylation is 2. The highest BCUT2D eigenvalue weighted by Gasteiger charge is 2.36. The molecule has 1 aliphatic heterocycles. The zero-order valence-corrected chi connectivity index (χ0v) is 15.5. The molecule has 0 unspecified atom stereocenters. The molecule has 2 aromatic rings. The van der Waals surface area contributed by atoms with Gasteiger partial charge in [0.15, 0.2) is 0 Å². The summed E-state index contributed by atoms with van der Waals surface area (Å²) < 4.78 is 5.57. The molecule has 2 aliphatic rings. The number of hydrogen-bond donors (Lipinski definition) is 3. The average Bonchev–Trinajstić information content (AvgIpc) is 3.08. The number of fused-ring (bicyclic) bond motifs is 1. The Balaban J connectivity index is 1.63. The number of ether oxygens (including phenoxy) is 1. The van der Waals surface area contributed by atoms with Crippen molar-refractivity contribution in [2.45, 2.75) is 45.3 Å². The van der Waals surface area contributed by atoms with Gasteiger partial charge in [0.05, 0.1) is 18.8 Å². The summed E-state index contributed by atoms with van der Waals surface area (Å²) >= 11 is 0. The van der Waals surface area contributed by atoms with Crippen molar-refractivity contribution in [1.29, 1.82) is 0 Å². The third-order valence-corrected chi connectivity index (χ3v) is 5.72. The molecule has 0 radical (unpaired) electrons. The summed E-state index contributed by atoms with van der Waals surface area (Å²) in [5.41, 5.74) is 3.48. The van der Waals surface area contributed by atoms with Crippen molar-refractivity contribution in [1.82, 2.24) is 10.3 Å². The van der Waals surface area contributed by atoms with Crippen LogP contribution in [0.2, 0.25) is 0 Å². The van der Waals surface area contributed by atoms with Gasteiger partial charge in [0.2, 0.25) is 0 Å². The zero-order valence-electron chi connectivity index (χ0n) is 15.5. The molecule has 0 saturated heterocycles. The number of benzene rings is 1. The predicted octanol–water partition coefficient (Wildman–Crippen LogP) is 2.17. The highest BCUT2D eigenvalue weighted by Crippen LogP contribution is 2.39. The minimum atomic E-state index is -0.387. The molecule has 6 nitrogen and oxygen atoms in total. The number of nitrogens with one attached hydrogen (secondary N) is 2. The van der Waals surface area contributed by atoms with Crippen LogP contribution in [0.4, 0.5) is 0 Å². The average molecular weight is 368 g/mol. The van der Waals surface area contributed by atoms with E-state index in [0.29, 0.717) is 19.4 Å². The number of rotatable bonds is 4. The van der Waals surface area contributed by atoms with Crippen LogP contribution in [0.5, 0.6) is 5.75 Å². The Morgan fingerprint density at radius 3 is 2.81 bits per heavy atom. The van der Waals surface area contributed by atoms with E-state index in [1.807, 2.05) is 26.0 Å². The van der Waals surface area contributed by atoms with Gasteiger partial charge in [0.25, 0.3) is 11.5 Å². The molecule has 1 amide bonds. The number of aliphatic hydroxyl groups excluding tert-OH is 1. The summed E-state index contributed by atoms with van der Waals surface area (Å²) in [6.45, 7) is 4.35. The molecule has 2 heterocycles. The van der Waals surface area contributed by atoms with Gasteiger partial charge in [-0.2, -0.15) is 0 Å². The smallest absolute Gasteiger partial charge is 0.261 e. The van der Waals surface area contributed by atoms with Crippen LogP contribution in [-0.2, 0) is 6.42 Å². The van der Waals surface area contributed by atoms with Crippen LogP contribution in [0.25, 0.3) is 0 Å². The van der Waals surface area contributed by atoms with Gasteiger partial charge in [-0.05, 0) is 67.5 Å². The Kier molecular flexibility index (Phi) is 4.52. The molecule has 0 spiro atoms. The van der Waals surface area contributed by atoms with Crippen molar-refractivity contribution in [2.75, 3.05) is 6.61 Å². The second-order valence-corrected chi connectivity index (χ2v) is 7.62. The van der Waals surface area contributed by atoms with E-state index in [-0.39, 0.29) is 35.1 Å². The van der Waals surface area contributed by atoms with E-state index < -0.39 is 0 Å². The summed E-state index contributed by atoms with van der Waals surface area (Å²) in [6, 6.07) is 7.36. The van der Waals surface area contributed by atoms with Crippen LogP contribution < -0.4 is 15.6 Å². The number of amides is 1. The monoisotopic (exact) mass is 368 g/mol. The maximum absolute atomic E-state index is 12.9. The van der Waals surface area contributed by atoms with E-state index in [0.717, 1.165) is 34.6 Å². The molecular weight excluding hydrogens is 344 g/mol. The maximum Gasteiger partial charge on any atom is 0.261 e. The van der Waals surface area contributed by atoms with Gasteiger partial charge in [-0.15, -0.1) is 0 Å². The molecule has 1 atom stereocenters. The summed E-state index contributed by atoms with van der Waals surface area (Å²) in [7, 11) is 0. The van der Waals surface area contributed by atoms with Gasteiger partial charge in [-0.3, -0.25) is 9.59 Å². The molecule has 1 fully saturated rings. The Morgan fingerprint density at radius 1 is 1.30 bits per heavy atom. The van der Waals surface area contributed by atoms with Crippen molar-refractivity contribution in [3.63, 3.8) is 0 Å². The van der Waals surface area contributed by atoms with E-state index >= 15 is 0 Å². The number of carbonyl (C=O) groups is 1. The fraction of sp³-hybridized carbons (Fsp3) is 0.429. The van der Waals surface area contributed by atoms with E-state index in [4.69, 9.17) is 4.74 Å². The van der Waals surface area contributed by atoms with Crippen LogP contribution >= 0.6 is 0 Å². The minimum absolute atomic E-state index is 0.118. The quantitative estimate of drug-likeness (QED) is 0.771. The van der Waals surface area contributed by atoms with E-state index in [9.17, 15) is 14.7 Å². The summed E-state index contributed by atoms with van der Waals surface area (Å²) in [5, 5.41) is 12.8. The second-order valence-electron chi connectivity index (χ2n) is 7.62. The first kappa shape index (κ1) is 17.8. The fourth-order valence-electron chi connectivity index (χ4n) is 3.89. The van der Waals surface area contributed by atoms with E-state index in [1.54, 1.807) is 6.07 Å². The molecular formula is C21H24N2O4. The summed E-state index contributed by atoms with van der Waals surface area (Å²) in [6.07, 6.45) is 1.81. The number of carbonyl (C=O) groups excluding carboxylic acids is 1. The molecule has 1 aliphatic carbocycles. The Labute approximate surface area is 157 Å². The first-order chi connectivity index (χ1) is 12.9. The number of aromatic nitrogens is 1. The molecule has 1 aromatic heterocycles. The van der Waals surface area contributed by atoms with Crippen LogP contribution in [0.1, 0.15) is 51.6 Å². The number of H-pyrrole nitrogens is 1. The Morgan fingerprint density at radius 2 is 2.07 bits per heavy atom. The molecule has 4 rings (SSSR count). The lowest BCUT2D eigenvalue weighted by Gasteiger charge is -2.38. The second kappa shape index (κ2) is 6.85. The van der Waals surface area contributed by atoms with E-state index in [2.05, 4.69) is 16.4 Å². The predicted molar refractivity (Wildman–Crippen MR) is 101 cm³/mol. The van der Waals surface area contributed by atoms with Crippen molar-refractivity contribution < 1.29 is 14.6 Å². The molecule has 0 bridgehead atoms. The highest BCUT2D eigenvalue weighted by molar-refractivity contribution is 5.94. The van der Waals surface area contributed by atoms with Gasteiger partial charge < -0.3 is 20.1 Å². The van der Waals surface area contributed by atoms with Crippen molar-refractivity contribution >= 4 is 5.91 Å². The number of aromatic amines is 1. The highest BCUT2D eigenvalue weighted by atomic mass is 16.5. The molecule has 142 valence electrons. The standard InChI is InChI=1S/C21H24N2O4/c1-11-7-17(20(25)22-12(11)2)21(26)23-19(15-9-16(24)10-15)14-3-4-18-13(8-14)5-6-27-18/h3-4,7-8,15-16,19,24H,5-6,9-10H2,1-2H3,(H,22,25)(H,23,26)/t15?,16?,19-/m0/s1. The lowest BCUT2D eigenvalue weighted by molar-refractivity contribution is 0.0235. The lowest BCUT2D eigenvalue weighted by atomic mass is 9.74. The third kappa shape index (κ3) is 3.37. The van der Waals surface area contributed by atoms with Crippen molar-refractivity contribution in [3.05, 3.63) is 62.6 Å². The third-order valence-electron chi connectivity index (χ3n) is 5.72. The van der Waals surface area contributed by atoms with Crippen LogP contribution in [0.3, 0.4) is 0 Å². The van der Waals surface area contributed by atoms with Crippen LogP contribution in [-0.4, -0.2) is 28.7 Å². The largest absolute Gasteiger partial charge is 0.493 e. The minimum Gasteiger partial charge on any atom is -0.493 e. The number of hydrogen-bond acceptors (Lipinski definition) is 4. The molecule has 1 saturated carbocycles. The fourth-order valence-corrected chi connectivity index (χ4v) is 3.89. The first-order valence-electron chi connectivity index (χ1n) is 9.37. The van der Waals surface area contributed by atoms with Crippen LogP contribution in [0.15, 0.2) is 29.1 Å². The maximum atomic E-state index is 12.9. The number of aliphatic hydroxyl groups is 1. The van der Waals surface area contributed by atoms with Gasteiger partial charge in [0.1, 0.15) is 11.3 Å². The SMILES string of the molecule is Cc1cc(C(=O)N[C@@H](c2ccc3c(c2)CCO3)C2CC(O)C2)c(=O)[nH]c1C. The Bertz CT molecular complexity index is 944. The molecule has 6 heteroatoms. The summed E-state index contributed by atoms with van der Waals surface area (Å²) in [4.78, 5) is 27.8. The Hall–Kier alpha value is -2.60. The number of pyridine rings is 1. The lowest BCUT2D eigenvalue weighted by Crippen LogP contribution is -2.42. The van der Waals surface area contributed by atoms with Gasteiger partial charge >= 0.3 is 0 Å². The van der Waals surface area contributed by atoms with Crippen molar-refractivity contribution in [2.24, 2.45) is 5.92 Å². The topological polar surface area (TPSA) is 91.4 Å². The zero-order chi connectivity index (χ0) is 19.1. The van der Waals surface area contributed by atoms with Crippen molar-refractivity contribution in [3.8, 4) is 5.75 Å². The van der Waals surface area contributed by atoms with Gasteiger partial charge in [-0.1, -0.05) is 6.07 Å². The molecule has 3 N–H and O–H groups in total. The summed E-state index contributed by atoms with van der Waals surface area (Å²) in [5.74, 6) is 0.653. The van der Waals surface area contributed by atoms with Crippen LogP contribution in [0, 0.1) is 19.8 Å². The molecule has 27 heavy (non-hydrogen) atoms.